The van der Waals surface area contributed by atoms with Crippen molar-refractivity contribution in [2.45, 2.75) is 25.6 Å². The average Bonchev–Trinajstić information content (AvgIpc) is 3.44. The molecule has 8 heteroatoms. The summed E-state index contributed by atoms with van der Waals surface area (Å²) in [6.45, 7) is 1.61. The smallest absolute Gasteiger partial charge is 0.270 e. The predicted octanol–water partition coefficient (Wildman–Crippen LogP) is 5.60. The van der Waals surface area contributed by atoms with Gasteiger partial charge in [0.1, 0.15) is 23.1 Å². The Morgan fingerprint density at radius 3 is 2.97 bits per heavy atom. The summed E-state index contributed by atoms with van der Waals surface area (Å²) in [5.41, 5.74) is 2.15. The van der Waals surface area contributed by atoms with Crippen LogP contribution in [0.5, 0.6) is 5.75 Å². The molecule has 0 bridgehead atoms. The third kappa shape index (κ3) is 5.32. The number of halogens is 2. The Kier molecular flexibility index (Phi) is 6.89. The van der Waals surface area contributed by atoms with Gasteiger partial charge in [0.05, 0.1) is 6.10 Å². The molecule has 0 aliphatic carbocycles. The highest BCUT2D eigenvalue weighted by atomic mass is 35.5. The first-order valence-electron chi connectivity index (χ1n) is 9.61. The Hall–Kier alpha value is -2.12. The maximum Gasteiger partial charge on any atom is 0.270 e. The molecule has 1 N–H and O–H groups in total. The van der Waals surface area contributed by atoms with Crippen LogP contribution in [0.3, 0.4) is 0 Å². The number of hydrogen-bond donors (Lipinski definition) is 1. The molecule has 0 spiro atoms. The quantitative estimate of drug-likeness (QED) is 0.495. The molecule has 2 heterocycles. The van der Waals surface area contributed by atoms with Gasteiger partial charge < -0.3 is 14.8 Å². The lowest BCUT2D eigenvalue weighted by atomic mass is 10.2. The minimum absolute atomic E-state index is 0.107. The molecule has 1 atom stereocenters. The van der Waals surface area contributed by atoms with E-state index in [1.807, 2.05) is 30.3 Å². The maximum atomic E-state index is 12.4. The molecular weight excluding hydrogens is 443 g/mol. The Morgan fingerprint density at radius 2 is 2.17 bits per heavy atom. The van der Waals surface area contributed by atoms with E-state index in [-0.39, 0.29) is 12.0 Å². The minimum atomic E-state index is -0.183. The number of nitrogens with one attached hydrogen (secondary N) is 1. The van der Waals surface area contributed by atoms with Gasteiger partial charge in [-0.15, -0.1) is 11.3 Å². The molecule has 1 aromatic heterocycles. The molecule has 2 aromatic carbocycles. The van der Waals surface area contributed by atoms with E-state index in [2.05, 4.69) is 10.3 Å². The van der Waals surface area contributed by atoms with Gasteiger partial charge in [0.25, 0.3) is 5.91 Å². The van der Waals surface area contributed by atoms with Crippen molar-refractivity contribution in [2.24, 2.45) is 0 Å². The van der Waals surface area contributed by atoms with Crippen molar-refractivity contribution < 1.29 is 14.3 Å². The second-order valence-corrected chi connectivity index (χ2v) is 8.64. The summed E-state index contributed by atoms with van der Waals surface area (Å²) in [7, 11) is 0. The van der Waals surface area contributed by atoms with E-state index in [0.29, 0.717) is 34.6 Å². The lowest BCUT2D eigenvalue weighted by Gasteiger charge is -2.09. The Balaban J connectivity index is 1.39. The molecule has 1 saturated heterocycles. The number of thiazole rings is 1. The molecule has 0 saturated carbocycles. The molecule has 30 heavy (non-hydrogen) atoms. The van der Waals surface area contributed by atoms with Crippen LogP contribution in [-0.4, -0.2) is 30.1 Å². The highest BCUT2D eigenvalue weighted by Crippen LogP contribution is 2.28. The molecule has 3 aromatic rings. The van der Waals surface area contributed by atoms with Crippen LogP contribution in [0.4, 0.5) is 0 Å². The number of ether oxygens (including phenoxy) is 2. The molecular formula is C22H20Cl2N2O3S. The Bertz CT molecular complexity index is 1030. The van der Waals surface area contributed by atoms with Gasteiger partial charge in [-0.25, -0.2) is 4.98 Å². The molecule has 0 radical (unpaired) electrons. The van der Waals surface area contributed by atoms with E-state index >= 15 is 0 Å². The second kappa shape index (κ2) is 9.79. The molecule has 156 valence electrons. The van der Waals surface area contributed by atoms with E-state index in [4.69, 9.17) is 32.7 Å². The fourth-order valence-corrected chi connectivity index (χ4v) is 4.39. The van der Waals surface area contributed by atoms with Gasteiger partial charge in [0, 0.05) is 39.7 Å². The highest BCUT2D eigenvalue weighted by molar-refractivity contribution is 7.13. The van der Waals surface area contributed by atoms with Crippen molar-refractivity contribution in [1.82, 2.24) is 10.3 Å². The zero-order valence-corrected chi connectivity index (χ0v) is 18.4. The standard InChI is InChI=1S/C22H20Cl2N2O3S/c23-16-7-6-15(19(24)10-16)12-29-17-4-1-3-14(9-17)22-26-20(13-30-22)21(27)25-11-18-5-2-8-28-18/h1,3-4,6-7,9-10,13,18H,2,5,8,11-12H2,(H,25,27)/t18-/m1/s1. The van der Waals surface area contributed by atoms with Gasteiger partial charge in [0.2, 0.25) is 0 Å². The van der Waals surface area contributed by atoms with Crippen LogP contribution < -0.4 is 10.1 Å². The molecule has 5 nitrogen and oxygen atoms in total. The Morgan fingerprint density at radius 1 is 1.27 bits per heavy atom. The van der Waals surface area contributed by atoms with E-state index in [0.717, 1.165) is 35.6 Å². The summed E-state index contributed by atoms with van der Waals surface area (Å²) in [5, 5.41) is 6.58. The highest BCUT2D eigenvalue weighted by Gasteiger charge is 2.18. The summed E-state index contributed by atoms with van der Waals surface area (Å²) in [5.74, 6) is 0.510. The number of nitrogens with zero attached hydrogens (tertiary/aromatic N) is 1. The molecule has 4 rings (SSSR count). The van der Waals surface area contributed by atoms with Crippen LogP contribution in [0.2, 0.25) is 10.0 Å². The van der Waals surface area contributed by atoms with Gasteiger partial charge in [-0.3, -0.25) is 4.79 Å². The van der Waals surface area contributed by atoms with Crippen molar-refractivity contribution in [1.29, 1.82) is 0 Å². The molecule has 1 aliphatic rings. The van der Waals surface area contributed by atoms with Gasteiger partial charge >= 0.3 is 0 Å². The van der Waals surface area contributed by atoms with Crippen LogP contribution in [0, 0.1) is 0 Å². The summed E-state index contributed by atoms with van der Waals surface area (Å²) in [6.07, 6.45) is 2.13. The van der Waals surface area contributed by atoms with Crippen LogP contribution in [-0.2, 0) is 11.3 Å². The average molecular weight is 463 g/mol. The fraction of sp³-hybridized carbons (Fsp3) is 0.273. The van der Waals surface area contributed by atoms with Crippen molar-refractivity contribution >= 4 is 40.4 Å². The molecule has 1 amide bonds. The first-order chi connectivity index (χ1) is 14.6. The van der Waals surface area contributed by atoms with Crippen molar-refractivity contribution in [3.63, 3.8) is 0 Å². The van der Waals surface area contributed by atoms with Gasteiger partial charge in [-0.05, 0) is 37.1 Å². The number of rotatable bonds is 7. The van der Waals surface area contributed by atoms with Crippen LogP contribution >= 0.6 is 34.5 Å². The lowest BCUT2D eigenvalue weighted by Crippen LogP contribution is -2.31. The second-order valence-electron chi connectivity index (χ2n) is 6.94. The van der Waals surface area contributed by atoms with Crippen LogP contribution in [0.1, 0.15) is 28.9 Å². The summed E-state index contributed by atoms with van der Waals surface area (Å²) in [4.78, 5) is 16.8. The van der Waals surface area contributed by atoms with Crippen molar-refractivity contribution in [2.75, 3.05) is 13.2 Å². The third-order valence-corrected chi connectivity index (χ3v) is 6.22. The number of carbonyl (C=O) groups is 1. The third-order valence-electron chi connectivity index (χ3n) is 4.74. The number of benzene rings is 2. The first kappa shape index (κ1) is 21.1. The Labute approximate surface area is 188 Å². The first-order valence-corrected chi connectivity index (χ1v) is 11.2. The summed E-state index contributed by atoms with van der Waals surface area (Å²) >= 11 is 13.6. The topological polar surface area (TPSA) is 60.5 Å². The maximum absolute atomic E-state index is 12.4. The van der Waals surface area contributed by atoms with Gasteiger partial charge in [0.15, 0.2) is 0 Å². The molecule has 0 unspecified atom stereocenters. The van der Waals surface area contributed by atoms with Gasteiger partial charge in [-0.1, -0.05) is 41.4 Å². The fourth-order valence-electron chi connectivity index (χ4n) is 3.13. The number of hydrogen-bond acceptors (Lipinski definition) is 5. The number of aromatic nitrogens is 1. The number of carbonyl (C=O) groups excluding carboxylic acids is 1. The van der Waals surface area contributed by atoms with Crippen molar-refractivity contribution in [3.05, 3.63) is 69.1 Å². The lowest BCUT2D eigenvalue weighted by molar-refractivity contribution is 0.0854. The number of amides is 1. The molecule has 1 fully saturated rings. The van der Waals surface area contributed by atoms with Gasteiger partial charge in [-0.2, -0.15) is 0 Å². The van der Waals surface area contributed by atoms with E-state index in [1.165, 1.54) is 11.3 Å². The SMILES string of the molecule is O=C(NC[C@H]1CCCO1)c1csc(-c2cccc(OCc3ccc(Cl)cc3Cl)c2)n1. The van der Waals surface area contributed by atoms with Crippen LogP contribution in [0.15, 0.2) is 47.8 Å². The monoisotopic (exact) mass is 462 g/mol. The van der Waals surface area contributed by atoms with E-state index in [9.17, 15) is 4.79 Å². The molecule has 1 aliphatic heterocycles. The van der Waals surface area contributed by atoms with E-state index < -0.39 is 0 Å². The summed E-state index contributed by atoms with van der Waals surface area (Å²) < 4.78 is 11.4. The predicted molar refractivity (Wildman–Crippen MR) is 120 cm³/mol. The zero-order valence-electron chi connectivity index (χ0n) is 16.1. The normalized spacial score (nSPS) is 15.9. The van der Waals surface area contributed by atoms with Crippen molar-refractivity contribution in [3.8, 4) is 16.3 Å². The zero-order chi connectivity index (χ0) is 20.9. The summed E-state index contributed by atoms with van der Waals surface area (Å²) in [6, 6.07) is 12.9. The van der Waals surface area contributed by atoms with E-state index in [1.54, 1.807) is 17.5 Å². The minimum Gasteiger partial charge on any atom is -0.489 e. The largest absolute Gasteiger partial charge is 0.489 e. The van der Waals surface area contributed by atoms with Crippen LogP contribution in [0.25, 0.3) is 10.6 Å².